The van der Waals surface area contributed by atoms with Gasteiger partial charge in [0.05, 0.1) is 22.5 Å². The van der Waals surface area contributed by atoms with Gasteiger partial charge < -0.3 is 5.32 Å². The Balaban J connectivity index is 1.33. The molecule has 0 saturated carbocycles. The van der Waals surface area contributed by atoms with E-state index in [9.17, 15) is 4.79 Å². The van der Waals surface area contributed by atoms with E-state index >= 15 is 0 Å². The Hall–Kier alpha value is -2.30. The van der Waals surface area contributed by atoms with Crippen molar-refractivity contribution in [1.29, 1.82) is 0 Å². The number of amides is 1. The zero-order valence-corrected chi connectivity index (χ0v) is 16.9. The number of thioether (sulfide) groups is 1. The van der Waals surface area contributed by atoms with E-state index in [1.165, 1.54) is 33.5 Å². The van der Waals surface area contributed by atoms with Crippen LogP contribution in [0.15, 0.2) is 40.9 Å². The maximum Gasteiger partial charge on any atom is 0.236 e. The molecular weight excluding hydrogens is 400 g/mol. The second-order valence-electron chi connectivity index (χ2n) is 5.84. The number of hydrogen-bond acceptors (Lipinski definition) is 8. The number of benzene rings is 1. The van der Waals surface area contributed by atoms with Crippen molar-refractivity contribution < 1.29 is 4.79 Å². The molecule has 10 heteroatoms. The van der Waals surface area contributed by atoms with Crippen LogP contribution in [0, 0.1) is 6.92 Å². The molecule has 3 heterocycles. The van der Waals surface area contributed by atoms with Gasteiger partial charge in [-0.05, 0) is 46.5 Å². The molecule has 0 bridgehead atoms. The fourth-order valence-electron chi connectivity index (χ4n) is 2.48. The fourth-order valence-corrected chi connectivity index (χ4v) is 4.86. The fraction of sp³-hybridized carbons (Fsp3) is 0.235. The van der Waals surface area contributed by atoms with Gasteiger partial charge in [0, 0.05) is 11.3 Å². The summed E-state index contributed by atoms with van der Waals surface area (Å²) in [5.41, 5.74) is 2.07. The van der Waals surface area contributed by atoms with Gasteiger partial charge in [0.1, 0.15) is 0 Å². The van der Waals surface area contributed by atoms with Crippen molar-refractivity contribution in [2.24, 2.45) is 0 Å². The van der Waals surface area contributed by atoms with Gasteiger partial charge in [-0.1, -0.05) is 35.2 Å². The summed E-state index contributed by atoms with van der Waals surface area (Å²) >= 11 is 4.51. The van der Waals surface area contributed by atoms with E-state index in [1.54, 1.807) is 16.0 Å². The molecule has 1 aromatic carbocycles. The van der Waals surface area contributed by atoms with Gasteiger partial charge in [-0.15, -0.1) is 16.4 Å². The molecule has 0 radical (unpaired) electrons. The van der Waals surface area contributed by atoms with Crippen molar-refractivity contribution in [3.63, 3.8) is 0 Å². The average molecular weight is 417 g/mol. The van der Waals surface area contributed by atoms with E-state index in [-0.39, 0.29) is 11.7 Å². The van der Waals surface area contributed by atoms with Gasteiger partial charge in [-0.2, -0.15) is 0 Å². The number of anilines is 1. The number of nitrogens with one attached hydrogen (secondary N) is 1. The maximum atomic E-state index is 12.3. The summed E-state index contributed by atoms with van der Waals surface area (Å²) in [6.45, 7) is 2.73. The highest BCUT2D eigenvalue weighted by Crippen LogP contribution is 2.27. The number of nitrogens with zero attached hydrogens (tertiary/aromatic N) is 5. The molecule has 27 heavy (non-hydrogen) atoms. The van der Waals surface area contributed by atoms with Crippen molar-refractivity contribution in [2.45, 2.75) is 25.0 Å². The molecule has 1 amide bonds. The van der Waals surface area contributed by atoms with E-state index < -0.39 is 0 Å². The lowest BCUT2D eigenvalue weighted by atomic mass is 10.2. The van der Waals surface area contributed by atoms with E-state index in [2.05, 4.69) is 43.3 Å². The first-order valence-corrected chi connectivity index (χ1v) is 10.9. The zero-order chi connectivity index (χ0) is 18.6. The van der Waals surface area contributed by atoms with E-state index in [0.29, 0.717) is 16.8 Å². The van der Waals surface area contributed by atoms with E-state index in [4.69, 9.17) is 0 Å². The Kier molecular flexibility index (Phi) is 5.46. The molecule has 0 atom stereocenters. The number of rotatable bonds is 7. The molecule has 0 fully saturated rings. The molecule has 0 aliphatic rings. The predicted molar refractivity (Wildman–Crippen MR) is 110 cm³/mol. The number of carbonyl (C=O) groups excluding carboxylic acids is 1. The highest BCUT2D eigenvalue weighted by Gasteiger charge is 2.12. The molecule has 0 spiro atoms. The largest absolute Gasteiger partial charge is 0.301 e. The Labute approximate surface area is 167 Å². The number of aromatic nitrogens is 5. The van der Waals surface area contributed by atoms with Crippen molar-refractivity contribution in [3.05, 3.63) is 46.2 Å². The summed E-state index contributed by atoms with van der Waals surface area (Å²) < 4.78 is 2.80. The standard InChI is InChI=1S/C17H16N6OS3/c1-11-4-5-13-14(9-11)27-16(18-13)19-15(24)10-26-17-20-21-22-23(17)7-6-12-3-2-8-25-12/h2-5,8-9H,6-7,10H2,1H3,(H,18,19,24). The number of carbonyl (C=O) groups is 1. The Bertz CT molecular complexity index is 1060. The first-order valence-electron chi connectivity index (χ1n) is 8.26. The minimum atomic E-state index is -0.122. The summed E-state index contributed by atoms with van der Waals surface area (Å²) in [5, 5.41) is 17.9. The van der Waals surface area contributed by atoms with Crippen molar-refractivity contribution in [2.75, 3.05) is 11.1 Å². The summed E-state index contributed by atoms with van der Waals surface area (Å²) in [6.07, 6.45) is 0.869. The normalized spacial score (nSPS) is 11.1. The lowest BCUT2D eigenvalue weighted by molar-refractivity contribution is -0.113. The van der Waals surface area contributed by atoms with Gasteiger partial charge in [-0.25, -0.2) is 9.67 Å². The summed E-state index contributed by atoms with van der Waals surface area (Å²) in [5.74, 6) is 0.109. The molecule has 0 saturated heterocycles. The van der Waals surface area contributed by atoms with Gasteiger partial charge >= 0.3 is 0 Å². The molecule has 0 unspecified atom stereocenters. The van der Waals surface area contributed by atoms with Crippen LogP contribution in [0.2, 0.25) is 0 Å². The summed E-state index contributed by atoms with van der Waals surface area (Å²) in [4.78, 5) is 18.0. The predicted octanol–water partition coefficient (Wildman–Crippen LogP) is 3.63. The molecule has 1 N–H and O–H groups in total. The van der Waals surface area contributed by atoms with Crippen LogP contribution in [0.4, 0.5) is 5.13 Å². The van der Waals surface area contributed by atoms with Crippen molar-refractivity contribution >= 4 is 55.7 Å². The maximum absolute atomic E-state index is 12.3. The Morgan fingerprint density at radius 3 is 3.11 bits per heavy atom. The van der Waals surface area contributed by atoms with Crippen LogP contribution in [0.5, 0.6) is 0 Å². The lowest BCUT2D eigenvalue weighted by Gasteiger charge is -2.03. The highest BCUT2D eigenvalue weighted by atomic mass is 32.2. The van der Waals surface area contributed by atoms with Crippen LogP contribution in [-0.4, -0.2) is 36.9 Å². The van der Waals surface area contributed by atoms with Crippen molar-refractivity contribution in [1.82, 2.24) is 25.2 Å². The van der Waals surface area contributed by atoms with Crippen molar-refractivity contribution in [3.8, 4) is 0 Å². The smallest absolute Gasteiger partial charge is 0.236 e. The number of fused-ring (bicyclic) bond motifs is 1. The molecule has 4 aromatic rings. The second kappa shape index (κ2) is 8.15. The zero-order valence-electron chi connectivity index (χ0n) is 14.5. The number of hydrogen-bond donors (Lipinski definition) is 1. The monoisotopic (exact) mass is 416 g/mol. The Morgan fingerprint density at radius 1 is 1.33 bits per heavy atom. The highest BCUT2D eigenvalue weighted by molar-refractivity contribution is 7.99. The minimum Gasteiger partial charge on any atom is -0.301 e. The number of tetrazole rings is 1. The van der Waals surface area contributed by atoms with Crippen LogP contribution < -0.4 is 5.32 Å². The minimum absolute atomic E-state index is 0.122. The Morgan fingerprint density at radius 2 is 2.26 bits per heavy atom. The first kappa shape index (κ1) is 18.1. The number of thiophene rings is 1. The first-order chi connectivity index (χ1) is 13.2. The molecule has 3 aromatic heterocycles. The second-order valence-corrected chi connectivity index (χ2v) is 8.85. The molecule has 4 rings (SSSR count). The van der Waals surface area contributed by atoms with Crippen LogP contribution in [0.3, 0.4) is 0 Å². The van der Waals surface area contributed by atoms with Gasteiger partial charge in [0.15, 0.2) is 5.13 Å². The molecule has 138 valence electrons. The van der Waals surface area contributed by atoms with Crippen LogP contribution in [0.1, 0.15) is 10.4 Å². The number of thiazole rings is 1. The van der Waals surface area contributed by atoms with E-state index in [0.717, 1.165) is 16.6 Å². The summed E-state index contributed by atoms with van der Waals surface area (Å²) in [7, 11) is 0. The van der Waals surface area contributed by atoms with E-state index in [1.807, 2.05) is 25.1 Å². The van der Waals surface area contributed by atoms with Crippen LogP contribution >= 0.6 is 34.4 Å². The van der Waals surface area contributed by atoms with Gasteiger partial charge in [-0.3, -0.25) is 4.79 Å². The number of aryl methyl sites for hydroxylation is 3. The quantitative estimate of drug-likeness (QED) is 0.463. The van der Waals surface area contributed by atoms with Crippen LogP contribution in [-0.2, 0) is 17.8 Å². The summed E-state index contributed by atoms with van der Waals surface area (Å²) in [6, 6.07) is 10.2. The third-order valence-electron chi connectivity index (χ3n) is 3.77. The van der Waals surface area contributed by atoms with Gasteiger partial charge in [0.2, 0.25) is 11.1 Å². The third kappa shape index (κ3) is 4.52. The molecular formula is C17H16N6OS3. The molecule has 7 nitrogen and oxygen atoms in total. The third-order valence-corrected chi connectivity index (χ3v) is 6.60. The average Bonchev–Trinajstić information content (AvgIpc) is 3.38. The SMILES string of the molecule is Cc1ccc2nc(NC(=O)CSc3nnnn3CCc3cccs3)sc2c1. The molecule has 0 aliphatic carbocycles. The van der Waals surface area contributed by atoms with Crippen LogP contribution in [0.25, 0.3) is 10.2 Å². The molecule has 0 aliphatic heterocycles. The lowest BCUT2D eigenvalue weighted by Crippen LogP contribution is -2.14. The topological polar surface area (TPSA) is 85.6 Å². The van der Waals surface area contributed by atoms with Gasteiger partial charge in [0.25, 0.3) is 0 Å².